The molecule has 2 N–H and O–H groups in total. The minimum atomic E-state index is 0. The minimum Gasteiger partial charge on any atom is -0.497 e. The van der Waals surface area contributed by atoms with Gasteiger partial charge in [-0.3, -0.25) is 0 Å². The Bertz CT molecular complexity index is 325. The van der Waals surface area contributed by atoms with Gasteiger partial charge in [0, 0.05) is 6.04 Å². The summed E-state index contributed by atoms with van der Waals surface area (Å²) in [6.07, 6.45) is 2.64. The molecule has 3 heteroatoms. The second-order valence-electron chi connectivity index (χ2n) is 3.35. The van der Waals surface area contributed by atoms with Gasteiger partial charge in [0.2, 0.25) is 0 Å². The van der Waals surface area contributed by atoms with Crippen LogP contribution in [0.1, 0.15) is 23.6 Å². The quantitative estimate of drug-likeness (QED) is 0.803. The Labute approximate surface area is 97.5 Å². The fourth-order valence-corrected chi connectivity index (χ4v) is 1.50. The Morgan fingerprint density at radius 3 is 2.67 bits per heavy atom. The van der Waals surface area contributed by atoms with Gasteiger partial charge in [-0.25, -0.2) is 0 Å². The zero-order valence-corrected chi connectivity index (χ0v) is 10.0. The molecular weight excluding hydrogens is 210 g/mol. The van der Waals surface area contributed by atoms with Crippen LogP contribution >= 0.6 is 12.4 Å². The van der Waals surface area contributed by atoms with Crippen molar-refractivity contribution in [1.82, 2.24) is 0 Å². The maximum Gasteiger partial charge on any atom is 0.119 e. The van der Waals surface area contributed by atoms with Crippen LogP contribution in [0.5, 0.6) is 5.75 Å². The molecule has 0 aliphatic carbocycles. The molecule has 0 heterocycles. The van der Waals surface area contributed by atoms with E-state index in [-0.39, 0.29) is 18.4 Å². The Morgan fingerprint density at radius 1 is 1.53 bits per heavy atom. The predicted molar refractivity (Wildman–Crippen MR) is 66.7 cm³/mol. The summed E-state index contributed by atoms with van der Waals surface area (Å²) >= 11 is 0. The Hall–Kier alpha value is -0.990. The number of halogens is 1. The number of ether oxygens (including phenoxy) is 1. The van der Waals surface area contributed by atoms with Gasteiger partial charge < -0.3 is 10.5 Å². The molecule has 1 aromatic rings. The van der Waals surface area contributed by atoms with E-state index in [4.69, 9.17) is 10.5 Å². The number of hydrogen-bond acceptors (Lipinski definition) is 2. The van der Waals surface area contributed by atoms with Crippen LogP contribution in [0, 0.1) is 6.92 Å². The lowest BCUT2D eigenvalue weighted by Gasteiger charge is -2.13. The van der Waals surface area contributed by atoms with Crippen molar-refractivity contribution < 1.29 is 4.74 Å². The third-order valence-corrected chi connectivity index (χ3v) is 2.30. The molecule has 0 aliphatic rings. The zero-order valence-electron chi connectivity index (χ0n) is 9.19. The number of nitrogens with two attached hydrogens (primary N) is 1. The monoisotopic (exact) mass is 227 g/mol. The first-order valence-corrected chi connectivity index (χ1v) is 4.70. The number of methoxy groups -OCH3 is 1. The van der Waals surface area contributed by atoms with Crippen molar-refractivity contribution in [2.24, 2.45) is 5.73 Å². The molecule has 0 saturated heterocycles. The summed E-state index contributed by atoms with van der Waals surface area (Å²) in [5.74, 6) is 0.872. The van der Waals surface area contributed by atoms with Crippen LogP contribution in [0.3, 0.4) is 0 Å². The number of aryl methyl sites for hydroxylation is 1. The van der Waals surface area contributed by atoms with E-state index in [2.05, 4.69) is 6.58 Å². The molecule has 0 fully saturated rings. The minimum absolute atomic E-state index is 0. The highest BCUT2D eigenvalue weighted by Crippen LogP contribution is 2.22. The largest absolute Gasteiger partial charge is 0.497 e. The molecule has 15 heavy (non-hydrogen) atoms. The molecule has 1 rings (SSSR count). The molecule has 0 bridgehead atoms. The molecule has 0 radical (unpaired) electrons. The normalized spacial score (nSPS) is 11.4. The molecule has 84 valence electrons. The van der Waals surface area contributed by atoms with E-state index in [1.54, 1.807) is 7.11 Å². The average molecular weight is 228 g/mol. The van der Waals surface area contributed by atoms with Crippen molar-refractivity contribution >= 4 is 12.4 Å². The standard InChI is InChI=1S/C12H17NO.ClH/c1-4-5-12(13)11-7-6-10(14-3)8-9(11)2;/h4,6-8,12H,1,5,13H2,2-3H3;1H/t12-;/m1./s1. The van der Waals surface area contributed by atoms with E-state index >= 15 is 0 Å². The van der Waals surface area contributed by atoms with Crippen LogP contribution in [0.4, 0.5) is 0 Å². The van der Waals surface area contributed by atoms with E-state index in [1.165, 1.54) is 5.56 Å². The SMILES string of the molecule is C=CC[C@@H](N)c1ccc(OC)cc1C.Cl. The molecule has 0 aromatic heterocycles. The first-order chi connectivity index (χ1) is 6.69. The molecule has 0 saturated carbocycles. The Morgan fingerprint density at radius 2 is 2.20 bits per heavy atom. The maximum absolute atomic E-state index is 5.99. The first kappa shape index (κ1) is 14.0. The Kier molecular flexibility index (Phi) is 6.06. The van der Waals surface area contributed by atoms with E-state index in [0.717, 1.165) is 17.7 Å². The van der Waals surface area contributed by atoms with Crippen LogP contribution in [0.15, 0.2) is 30.9 Å². The van der Waals surface area contributed by atoms with Gasteiger partial charge in [0.15, 0.2) is 0 Å². The topological polar surface area (TPSA) is 35.2 Å². The van der Waals surface area contributed by atoms with E-state index in [1.807, 2.05) is 31.2 Å². The smallest absolute Gasteiger partial charge is 0.119 e. The summed E-state index contributed by atoms with van der Waals surface area (Å²) in [4.78, 5) is 0. The highest BCUT2D eigenvalue weighted by atomic mass is 35.5. The predicted octanol–water partition coefficient (Wildman–Crippen LogP) is 3.00. The molecule has 0 spiro atoms. The summed E-state index contributed by atoms with van der Waals surface area (Å²) in [7, 11) is 1.66. The van der Waals surface area contributed by atoms with Crippen molar-refractivity contribution in [3.8, 4) is 5.75 Å². The third-order valence-electron chi connectivity index (χ3n) is 2.30. The summed E-state index contributed by atoms with van der Waals surface area (Å²) < 4.78 is 5.13. The van der Waals surface area contributed by atoms with Crippen molar-refractivity contribution in [3.63, 3.8) is 0 Å². The number of rotatable bonds is 4. The van der Waals surface area contributed by atoms with Crippen LogP contribution in [0.2, 0.25) is 0 Å². The van der Waals surface area contributed by atoms with Crippen molar-refractivity contribution in [1.29, 1.82) is 0 Å². The van der Waals surface area contributed by atoms with Gasteiger partial charge >= 0.3 is 0 Å². The van der Waals surface area contributed by atoms with Crippen LogP contribution in [-0.4, -0.2) is 7.11 Å². The molecule has 2 nitrogen and oxygen atoms in total. The second-order valence-corrected chi connectivity index (χ2v) is 3.35. The first-order valence-electron chi connectivity index (χ1n) is 4.70. The van der Waals surface area contributed by atoms with Gasteiger partial charge in [-0.05, 0) is 36.6 Å². The van der Waals surface area contributed by atoms with Gasteiger partial charge in [0.1, 0.15) is 5.75 Å². The second kappa shape index (κ2) is 6.49. The van der Waals surface area contributed by atoms with Crippen LogP contribution in [-0.2, 0) is 0 Å². The van der Waals surface area contributed by atoms with Crippen molar-refractivity contribution in [2.45, 2.75) is 19.4 Å². The van der Waals surface area contributed by atoms with Crippen molar-refractivity contribution in [3.05, 3.63) is 42.0 Å². The van der Waals surface area contributed by atoms with Crippen LogP contribution in [0.25, 0.3) is 0 Å². The summed E-state index contributed by atoms with van der Waals surface area (Å²) in [6, 6.07) is 5.99. The highest BCUT2D eigenvalue weighted by Gasteiger charge is 2.07. The fourth-order valence-electron chi connectivity index (χ4n) is 1.50. The lowest BCUT2D eigenvalue weighted by atomic mass is 9.99. The molecular formula is C12H18ClNO. The van der Waals surface area contributed by atoms with Gasteiger partial charge in [0.05, 0.1) is 7.11 Å². The highest BCUT2D eigenvalue weighted by molar-refractivity contribution is 5.85. The zero-order chi connectivity index (χ0) is 10.6. The van der Waals surface area contributed by atoms with Gasteiger partial charge in [-0.2, -0.15) is 0 Å². The summed E-state index contributed by atoms with van der Waals surface area (Å²) in [5.41, 5.74) is 8.31. The molecule has 1 atom stereocenters. The molecule has 1 aromatic carbocycles. The van der Waals surface area contributed by atoms with Crippen molar-refractivity contribution in [2.75, 3.05) is 7.11 Å². The summed E-state index contributed by atoms with van der Waals surface area (Å²) in [6.45, 7) is 5.73. The van der Waals surface area contributed by atoms with E-state index in [0.29, 0.717) is 0 Å². The van der Waals surface area contributed by atoms with Crippen LogP contribution < -0.4 is 10.5 Å². The van der Waals surface area contributed by atoms with Gasteiger partial charge in [-0.1, -0.05) is 12.1 Å². The number of benzene rings is 1. The third kappa shape index (κ3) is 3.57. The summed E-state index contributed by atoms with van der Waals surface area (Å²) in [5, 5.41) is 0. The molecule has 0 unspecified atom stereocenters. The molecule has 0 amide bonds. The van der Waals surface area contributed by atoms with Gasteiger partial charge in [0.25, 0.3) is 0 Å². The van der Waals surface area contributed by atoms with E-state index in [9.17, 15) is 0 Å². The van der Waals surface area contributed by atoms with E-state index < -0.39 is 0 Å². The Balaban J connectivity index is 0.00000196. The lowest BCUT2D eigenvalue weighted by Crippen LogP contribution is -2.10. The number of hydrogen-bond donors (Lipinski definition) is 1. The van der Waals surface area contributed by atoms with Gasteiger partial charge in [-0.15, -0.1) is 19.0 Å². The molecule has 0 aliphatic heterocycles. The maximum atomic E-state index is 5.99. The fraction of sp³-hybridized carbons (Fsp3) is 0.333. The average Bonchev–Trinajstić information content (AvgIpc) is 2.17. The lowest BCUT2D eigenvalue weighted by molar-refractivity contribution is 0.414.